The molecule has 0 bridgehead atoms. The molecule has 1 aromatic heterocycles. The molecule has 0 N–H and O–H groups in total. The molecule has 7 nitrogen and oxygen atoms in total. The predicted octanol–water partition coefficient (Wildman–Crippen LogP) is 2.71. The van der Waals surface area contributed by atoms with Crippen LogP contribution >= 0.6 is 11.8 Å². The van der Waals surface area contributed by atoms with Gasteiger partial charge in [0.15, 0.2) is 4.90 Å². The number of piperazine rings is 1. The maximum atomic E-state index is 14.0. The average molecular weight is 481 g/mol. The molecule has 0 spiro atoms. The fourth-order valence-corrected chi connectivity index (χ4v) is 5.82. The number of hydrogen-bond donors (Lipinski definition) is 0. The number of thioether (sulfide) groups is 1. The van der Waals surface area contributed by atoms with Crippen LogP contribution < -0.4 is 0 Å². The summed E-state index contributed by atoms with van der Waals surface area (Å²) in [6, 6.07) is 10.5. The standard InChI is InChI=1S/C21H22F2N4O3S2/c1-31-14-19-24-17-7-2-3-8-18(17)27(19)13-20(28)25-9-11-26(12-10-25)32(29,30)21-15(22)5-4-6-16(21)23/h2-8H,9-14H2,1H3. The van der Waals surface area contributed by atoms with E-state index in [1.54, 1.807) is 16.7 Å². The van der Waals surface area contributed by atoms with Crippen LogP contribution in [0.15, 0.2) is 47.4 Å². The number of benzene rings is 2. The van der Waals surface area contributed by atoms with Gasteiger partial charge in [-0.1, -0.05) is 18.2 Å². The first-order valence-electron chi connectivity index (χ1n) is 9.98. The molecular formula is C21H22F2N4O3S2. The highest BCUT2D eigenvalue weighted by atomic mass is 32.2. The molecule has 170 valence electrons. The number of carbonyl (C=O) groups excluding carboxylic acids is 1. The lowest BCUT2D eigenvalue weighted by Crippen LogP contribution is -2.51. The Morgan fingerprint density at radius 2 is 1.69 bits per heavy atom. The number of aromatic nitrogens is 2. The van der Waals surface area contributed by atoms with Gasteiger partial charge in [0.2, 0.25) is 15.9 Å². The predicted molar refractivity (Wildman–Crippen MR) is 119 cm³/mol. The van der Waals surface area contributed by atoms with E-state index in [0.29, 0.717) is 5.75 Å². The van der Waals surface area contributed by atoms with Crippen LogP contribution in [0.5, 0.6) is 0 Å². The summed E-state index contributed by atoms with van der Waals surface area (Å²) in [5, 5.41) is 0. The summed E-state index contributed by atoms with van der Waals surface area (Å²) in [5.74, 6) is -0.969. The first kappa shape index (κ1) is 22.7. The van der Waals surface area contributed by atoms with E-state index in [0.717, 1.165) is 39.4 Å². The molecule has 0 radical (unpaired) electrons. The summed E-state index contributed by atoms with van der Waals surface area (Å²) in [4.78, 5) is 18.2. The highest BCUT2D eigenvalue weighted by Gasteiger charge is 2.34. The molecule has 3 aromatic rings. The molecule has 2 aromatic carbocycles. The monoisotopic (exact) mass is 480 g/mol. The summed E-state index contributed by atoms with van der Waals surface area (Å²) in [5.41, 5.74) is 1.67. The third-order valence-corrected chi connectivity index (χ3v) is 7.91. The largest absolute Gasteiger partial charge is 0.339 e. The van der Waals surface area contributed by atoms with Crippen molar-refractivity contribution < 1.29 is 22.0 Å². The molecule has 1 fully saturated rings. The summed E-state index contributed by atoms with van der Waals surface area (Å²) in [6.07, 6.45) is 1.96. The van der Waals surface area contributed by atoms with Crippen molar-refractivity contribution >= 4 is 38.7 Å². The molecular weight excluding hydrogens is 458 g/mol. The van der Waals surface area contributed by atoms with Crippen molar-refractivity contribution in [3.05, 3.63) is 59.9 Å². The minimum Gasteiger partial charge on any atom is -0.339 e. The van der Waals surface area contributed by atoms with Crippen molar-refractivity contribution in [2.45, 2.75) is 17.2 Å². The lowest BCUT2D eigenvalue weighted by Gasteiger charge is -2.34. The molecule has 0 saturated carbocycles. The van der Waals surface area contributed by atoms with Crippen LogP contribution in [0.1, 0.15) is 5.82 Å². The van der Waals surface area contributed by atoms with E-state index in [9.17, 15) is 22.0 Å². The van der Waals surface area contributed by atoms with Gasteiger partial charge in [-0.25, -0.2) is 22.2 Å². The maximum absolute atomic E-state index is 14.0. The number of rotatable bonds is 6. The SMILES string of the molecule is CSCc1nc2ccccc2n1CC(=O)N1CCN(S(=O)(=O)c2c(F)cccc2F)CC1. The van der Waals surface area contributed by atoms with Gasteiger partial charge in [0.1, 0.15) is 24.0 Å². The molecule has 1 saturated heterocycles. The normalized spacial score (nSPS) is 15.4. The number of amides is 1. The zero-order valence-electron chi connectivity index (χ0n) is 17.4. The highest BCUT2D eigenvalue weighted by Crippen LogP contribution is 2.24. The van der Waals surface area contributed by atoms with Crippen LogP contribution in [-0.4, -0.2) is 65.5 Å². The topological polar surface area (TPSA) is 75.5 Å². The number of hydrogen-bond acceptors (Lipinski definition) is 5. The second kappa shape index (κ2) is 9.16. The second-order valence-electron chi connectivity index (χ2n) is 7.37. The van der Waals surface area contributed by atoms with Gasteiger partial charge in [-0.05, 0) is 30.5 Å². The summed E-state index contributed by atoms with van der Waals surface area (Å²) < 4.78 is 56.5. The molecule has 4 rings (SSSR count). The fourth-order valence-electron chi connectivity index (χ4n) is 3.81. The number of fused-ring (bicyclic) bond motifs is 1. The van der Waals surface area contributed by atoms with Crippen molar-refractivity contribution in [2.24, 2.45) is 0 Å². The van der Waals surface area contributed by atoms with E-state index in [-0.39, 0.29) is 38.6 Å². The average Bonchev–Trinajstić information content (AvgIpc) is 3.11. The van der Waals surface area contributed by atoms with E-state index in [2.05, 4.69) is 4.98 Å². The Kier molecular flexibility index (Phi) is 6.50. The molecule has 0 atom stereocenters. The summed E-state index contributed by atoms with van der Waals surface area (Å²) in [7, 11) is -4.34. The molecule has 2 heterocycles. The van der Waals surface area contributed by atoms with E-state index < -0.39 is 26.6 Å². The first-order chi connectivity index (χ1) is 15.3. The third kappa shape index (κ3) is 4.24. The quantitative estimate of drug-likeness (QED) is 0.542. The van der Waals surface area contributed by atoms with Gasteiger partial charge in [-0.3, -0.25) is 4.79 Å². The van der Waals surface area contributed by atoms with Gasteiger partial charge in [-0.15, -0.1) is 0 Å². The number of nitrogens with zero attached hydrogens (tertiary/aromatic N) is 4. The molecule has 32 heavy (non-hydrogen) atoms. The van der Waals surface area contributed by atoms with Crippen LogP contribution in [-0.2, 0) is 27.1 Å². The minimum atomic E-state index is -4.34. The van der Waals surface area contributed by atoms with Crippen molar-refractivity contribution in [1.29, 1.82) is 0 Å². The van der Waals surface area contributed by atoms with Crippen LogP contribution in [0, 0.1) is 11.6 Å². The third-order valence-electron chi connectivity index (χ3n) is 5.41. The lowest BCUT2D eigenvalue weighted by molar-refractivity contribution is -0.133. The number of sulfonamides is 1. The molecule has 1 amide bonds. The van der Waals surface area contributed by atoms with Crippen molar-refractivity contribution in [3.8, 4) is 0 Å². The van der Waals surface area contributed by atoms with Gasteiger partial charge >= 0.3 is 0 Å². The Bertz CT molecular complexity index is 1230. The fraction of sp³-hybridized carbons (Fsp3) is 0.333. The number of carbonyl (C=O) groups is 1. The number of imidazole rings is 1. The molecule has 1 aliphatic heterocycles. The summed E-state index contributed by atoms with van der Waals surface area (Å²) in [6.45, 7) is 0.288. The van der Waals surface area contributed by atoms with E-state index in [4.69, 9.17) is 0 Å². The van der Waals surface area contributed by atoms with Gasteiger partial charge in [-0.2, -0.15) is 16.1 Å². The van der Waals surface area contributed by atoms with E-state index in [1.807, 2.05) is 35.1 Å². The smallest absolute Gasteiger partial charge is 0.249 e. The van der Waals surface area contributed by atoms with Crippen molar-refractivity contribution in [2.75, 3.05) is 32.4 Å². The Labute approximate surface area is 189 Å². The van der Waals surface area contributed by atoms with E-state index >= 15 is 0 Å². The minimum absolute atomic E-state index is 0.0375. The molecule has 11 heteroatoms. The highest BCUT2D eigenvalue weighted by molar-refractivity contribution is 7.97. The number of halogens is 2. The van der Waals surface area contributed by atoms with Crippen molar-refractivity contribution in [3.63, 3.8) is 0 Å². The Morgan fingerprint density at radius 3 is 2.34 bits per heavy atom. The number of para-hydroxylation sites is 2. The second-order valence-corrected chi connectivity index (χ2v) is 10.1. The summed E-state index contributed by atoms with van der Waals surface area (Å²) >= 11 is 1.61. The zero-order chi connectivity index (χ0) is 22.9. The Balaban J connectivity index is 1.48. The molecule has 0 unspecified atom stereocenters. The molecule has 1 aliphatic rings. The van der Waals surface area contributed by atoms with E-state index in [1.165, 1.54) is 0 Å². The molecule has 0 aliphatic carbocycles. The zero-order valence-corrected chi connectivity index (χ0v) is 19.0. The maximum Gasteiger partial charge on any atom is 0.249 e. The van der Waals surface area contributed by atoms with Crippen molar-refractivity contribution in [1.82, 2.24) is 18.8 Å². The Morgan fingerprint density at radius 1 is 1.03 bits per heavy atom. The van der Waals surface area contributed by atoms with Gasteiger partial charge in [0, 0.05) is 26.2 Å². The first-order valence-corrected chi connectivity index (χ1v) is 12.8. The van der Waals surface area contributed by atoms with Crippen LogP contribution in [0.25, 0.3) is 11.0 Å². The van der Waals surface area contributed by atoms with Gasteiger partial charge in [0.25, 0.3) is 0 Å². The lowest BCUT2D eigenvalue weighted by atomic mass is 10.3. The van der Waals surface area contributed by atoms with Gasteiger partial charge in [0.05, 0.1) is 16.8 Å². The van der Waals surface area contributed by atoms with Crippen LogP contribution in [0.2, 0.25) is 0 Å². The van der Waals surface area contributed by atoms with Crippen LogP contribution in [0.4, 0.5) is 8.78 Å². The van der Waals surface area contributed by atoms with Gasteiger partial charge < -0.3 is 9.47 Å². The Hall–Kier alpha value is -2.50. The van der Waals surface area contributed by atoms with Crippen LogP contribution in [0.3, 0.4) is 0 Å².